The number of benzene rings is 1. The number of thioether (sulfide) groups is 1. The molecule has 2 fully saturated rings. The number of fused-ring (bicyclic) bond motifs is 2. The summed E-state index contributed by atoms with van der Waals surface area (Å²) in [5, 5.41) is 28.7. The van der Waals surface area contributed by atoms with Crippen molar-refractivity contribution in [2.75, 3.05) is 62.3 Å². The molecule has 28 nitrogen and oxygen atoms in total. The lowest BCUT2D eigenvalue weighted by Crippen LogP contribution is -2.49. The maximum absolute atomic E-state index is 15.9. The lowest BCUT2D eigenvalue weighted by molar-refractivity contribution is -0.137. The van der Waals surface area contributed by atoms with E-state index < -0.39 is 107 Å². The monoisotopic (exact) mass is 1100 g/mol. The van der Waals surface area contributed by atoms with Crippen molar-refractivity contribution in [3.05, 3.63) is 52.3 Å². The number of hydrogen-bond acceptors (Lipinski definition) is 21. The first-order valence-corrected chi connectivity index (χ1v) is 27.2. The summed E-state index contributed by atoms with van der Waals surface area (Å²) in [6, 6.07) is 0.914. The standard InChI is InChI=1S/C38H53F2N10O18P3S/c1-5-48-14-21(29(52)20-12-22(39)28(25(40)27(20)48)49-10-8-42-19(2)13-49)37(56)72-11-9-43-24(51)6-7-44-35(55)32(54)38(3,4)16-65-71(62,63)68-70(60,61)64-15-23-31(67-69(57,58)59)30(53)36(66-23)50-18-47-26-33(41)45-17-46-34(26)50/h12,14,17-19,23,30-32,36,42,53-54H,5-11,13,15-16H2,1-4H3,(H,43,51)(H,44,55)(H,60,61)(H,62,63)(H2,41,45,46)(H2,57,58,59). The van der Waals surface area contributed by atoms with Crippen LogP contribution in [0.4, 0.5) is 20.3 Å². The van der Waals surface area contributed by atoms with Crippen LogP contribution in [0, 0.1) is 17.0 Å². The summed E-state index contributed by atoms with van der Waals surface area (Å²) in [6.07, 6.45) is -6.10. The molecule has 3 aromatic heterocycles. The molecule has 34 heteroatoms. The lowest BCUT2D eigenvalue weighted by atomic mass is 9.87. The summed E-state index contributed by atoms with van der Waals surface area (Å²) in [5.41, 5.74) is 2.60. The average Bonchev–Trinajstić information content (AvgIpc) is 3.86. The molecule has 4 aromatic rings. The Bertz CT molecular complexity index is 2900. The van der Waals surface area contributed by atoms with Gasteiger partial charge in [-0.15, -0.1) is 0 Å². The van der Waals surface area contributed by atoms with Gasteiger partial charge in [0.25, 0.3) is 0 Å². The number of phosphoric acid groups is 3. The van der Waals surface area contributed by atoms with E-state index in [2.05, 4.69) is 39.7 Å². The number of carbonyl (C=O) groups is 3. The van der Waals surface area contributed by atoms with Gasteiger partial charge in [-0.2, -0.15) is 4.31 Å². The van der Waals surface area contributed by atoms with Gasteiger partial charge in [0.15, 0.2) is 23.5 Å². The maximum Gasteiger partial charge on any atom is 0.481 e. The van der Waals surface area contributed by atoms with E-state index in [1.165, 1.54) is 24.6 Å². The number of nitrogens with two attached hydrogens (primary N) is 1. The fourth-order valence-corrected chi connectivity index (χ4v) is 11.2. The van der Waals surface area contributed by atoms with Gasteiger partial charge in [-0.1, -0.05) is 25.6 Å². The first kappa shape index (κ1) is 56.9. The first-order chi connectivity index (χ1) is 33.6. The molecule has 5 heterocycles. The molecule has 2 aliphatic heterocycles. The number of anilines is 2. The molecule has 398 valence electrons. The Labute approximate surface area is 411 Å². The zero-order chi connectivity index (χ0) is 53.1. The minimum atomic E-state index is -5.63. The predicted octanol–water partition coefficient (Wildman–Crippen LogP) is 0.390. The number of carbonyl (C=O) groups excluding carboxylic acids is 3. The van der Waals surface area contributed by atoms with Crippen molar-refractivity contribution in [3.8, 4) is 0 Å². The van der Waals surface area contributed by atoms with Crippen molar-refractivity contribution < 1.29 is 89.3 Å². The Morgan fingerprint density at radius 1 is 1.08 bits per heavy atom. The molecule has 0 spiro atoms. The van der Waals surface area contributed by atoms with Crippen molar-refractivity contribution in [2.45, 2.75) is 77.3 Å². The minimum Gasteiger partial charge on any atom is -0.386 e. The number of pyridine rings is 1. The Hall–Kier alpha value is -4.39. The smallest absolute Gasteiger partial charge is 0.386 e. The number of aryl methyl sites for hydroxylation is 1. The zero-order valence-electron chi connectivity index (χ0n) is 38.7. The SMILES string of the molecule is CCn1cc(C(=O)SCCNC(=O)CCNC(=O)C(O)C(C)(C)COP(=O)(O)OP(=O)(O)OCC2OC(n3cnc4c(N)ncnc43)C(O)C2OP(=O)(O)O)c(=O)c2cc(F)c(N3CCNC(C)C3)c(F)c21. The molecule has 2 amide bonds. The molecule has 2 saturated heterocycles. The number of nitrogens with one attached hydrogen (secondary N) is 3. The summed E-state index contributed by atoms with van der Waals surface area (Å²) in [4.78, 5) is 105. The molecule has 8 atom stereocenters. The molecule has 6 rings (SSSR count). The lowest BCUT2D eigenvalue weighted by Gasteiger charge is -2.34. The highest BCUT2D eigenvalue weighted by molar-refractivity contribution is 8.14. The van der Waals surface area contributed by atoms with Crippen LogP contribution >= 0.6 is 35.2 Å². The number of aromatic nitrogens is 5. The normalized spacial score (nSPS) is 21.9. The number of piperazine rings is 1. The molecule has 8 unspecified atom stereocenters. The number of rotatable bonds is 22. The topological polar surface area (TPSA) is 401 Å². The second kappa shape index (κ2) is 23.0. The Morgan fingerprint density at radius 2 is 1.79 bits per heavy atom. The molecule has 0 bridgehead atoms. The molecule has 2 aliphatic rings. The van der Waals surface area contributed by atoms with Crippen LogP contribution < -0.4 is 32.0 Å². The van der Waals surface area contributed by atoms with Crippen molar-refractivity contribution in [2.24, 2.45) is 5.41 Å². The molecular weight excluding hydrogens is 1050 g/mol. The number of halogens is 2. The van der Waals surface area contributed by atoms with E-state index in [0.717, 1.165) is 23.3 Å². The highest BCUT2D eigenvalue weighted by atomic mass is 32.2. The molecular formula is C38H53F2N10O18P3S. The van der Waals surface area contributed by atoms with Gasteiger partial charge in [-0.05, 0) is 19.9 Å². The number of aliphatic hydroxyl groups excluding tert-OH is 2. The van der Waals surface area contributed by atoms with E-state index >= 15 is 8.78 Å². The summed E-state index contributed by atoms with van der Waals surface area (Å²) < 4.78 is 95.1. The number of hydrogen-bond donors (Lipinski definition) is 10. The number of phosphoric ester groups is 3. The Kier molecular flexibility index (Phi) is 18.2. The highest BCUT2D eigenvalue weighted by Gasteiger charge is 2.50. The molecule has 0 radical (unpaired) electrons. The number of ether oxygens (including phenoxy) is 1. The van der Waals surface area contributed by atoms with Gasteiger partial charge in [0, 0.05) is 69.1 Å². The van der Waals surface area contributed by atoms with Crippen LogP contribution in [0.3, 0.4) is 0 Å². The number of aliphatic hydroxyl groups is 2. The van der Waals surface area contributed by atoms with Gasteiger partial charge in [0.2, 0.25) is 22.4 Å². The summed E-state index contributed by atoms with van der Waals surface area (Å²) in [5.74, 6) is -3.57. The Morgan fingerprint density at radius 3 is 2.47 bits per heavy atom. The molecule has 1 aromatic carbocycles. The summed E-state index contributed by atoms with van der Waals surface area (Å²) >= 11 is 0.684. The quantitative estimate of drug-likeness (QED) is 0.0376. The van der Waals surface area contributed by atoms with Crippen LogP contribution in [-0.4, -0.2) is 153 Å². The van der Waals surface area contributed by atoms with Crippen molar-refractivity contribution in [1.82, 2.24) is 40.0 Å². The van der Waals surface area contributed by atoms with E-state index in [1.807, 2.05) is 6.92 Å². The van der Waals surface area contributed by atoms with Crippen LogP contribution in [-0.2, 0) is 52.4 Å². The third kappa shape index (κ3) is 13.7. The van der Waals surface area contributed by atoms with Crippen LogP contribution in [0.15, 0.2) is 29.7 Å². The van der Waals surface area contributed by atoms with Gasteiger partial charge in [0.05, 0.1) is 36.0 Å². The van der Waals surface area contributed by atoms with Gasteiger partial charge >= 0.3 is 23.5 Å². The molecule has 0 saturated carbocycles. The molecule has 72 heavy (non-hydrogen) atoms. The van der Waals surface area contributed by atoms with Gasteiger partial charge < -0.3 is 65.7 Å². The van der Waals surface area contributed by atoms with Gasteiger partial charge in [0.1, 0.15) is 47.8 Å². The van der Waals surface area contributed by atoms with Crippen molar-refractivity contribution in [1.29, 1.82) is 0 Å². The maximum atomic E-state index is 15.9. The Balaban J connectivity index is 0.937. The van der Waals surface area contributed by atoms with Crippen molar-refractivity contribution in [3.63, 3.8) is 0 Å². The van der Waals surface area contributed by atoms with Crippen molar-refractivity contribution >= 4 is 85.7 Å². The third-order valence-corrected chi connectivity index (χ3v) is 15.2. The van der Waals surface area contributed by atoms with E-state index in [0.29, 0.717) is 31.4 Å². The number of nitrogen functional groups attached to an aromatic ring is 1. The predicted molar refractivity (Wildman–Crippen MR) is 250 cm³/mol. The summed E-state index contributed by atoms with van der Waals surface area (Å²) in [6.45, 7) is 4.81. The third-order valence-electron chi connectivity index (χ3n) is 11.2. The van der Waals surface area contributed by atoms with E-state index in [4.69, 9.17) is 19.5 Å². The zero-order valence-corrected chi connectivity index (χ0v) is 42.2. The van der Waals surface area contributed by atoms with Gasteiger partial charge in [-0.25, -0.2) is 37.4 Å². The second-order valence-corrected chi connectivity index (χ2v) is 22.4. The molecule has 0 aliphatic carbocycles. The number of imidazole rings is 1. The fourth-order valence-electron chi connectivity index (χ4n) is 7.65. The average molecular weight is 1100 g/mol. The van der Waals surface area contributed by atoms with Gasteiger partial charge in [-0.3, -0.25) is 37.3 Å². The van der Waals surface area contributed by atoms with Crippen LogP contribution in [0.1, 0.15) is 50.7 Å². The van der Waals surface area contributed by atoms with Crippen LogP contribution in [0.25, 0.3) is 22.1 Å². The van der Waals surface area contributed by atoms with E-state index in [1.54, 1.807) is 11.8 Å². The molecule has 11 N–H and O–H groups in total. The van der Waals surface area contributed by atoms with E-state index in [-0.39, 0.29) is 77.0 Å². The first-order valence-electron chi connectivity index (χ1n) is 21.7. The largest absolute Gasteiger partial charge is 0.481 e. The fraction of sp³-hybridized carbons (Fsp3) is 0.553. The van der Waals surface area contributed by atoms with E-state index in [9.17, 15) is 62.7 Å². The number of amides is 2. The second-order valence-electron chi connectivity index (χ2n) is 17.1. The summed E-state index contributed by atoms with van der Waals surface area (Å²) in [7, 11) is -16.6. The van der Waals surface area contributed by atoms with Crippen LogP contribution in [0.2, 0.25) is 0 Å². The number of nitrogens with zero attached hydrogens (tertiary/aromatic N) is 6. The highest BCUT2D eigenvalue weighted by Crippen LogP contribution is 2.61. The minimum absolute atomic E-state index is 0.00800. The van der Waals surface area contributed by atoms with Crippen LogP contribution in [0.5, 0.6) is 0 Å².